The molecular weight excluding hydrogens is 370 g/mol. The number of hydrogen-bond donors (Lipinski definition) is 3. The first-order chi connectivity index (χ1) is 13.1. The van der Waals surface area contributed by atoms with Crippen molar-refractivity contribution in [1.29, 1.82) is 0 Å². The molecule has 3 N–H and O–H groups in total. The van der Waals surface area contributed by atoms with Gasteiger partial charge in [0.15, 0.2) is 0 Å². The van der Waals surface area contributed by atoms with Gasteiger partial charge in [-0.2, -0.15) is 0 Å². The van der Waals surface area contributed by atoms with Gasteiger partial charge in [-0.05, 0) is 74.8 Å². The van der Waals surface area contributed by atoms with E-state index in [4.69, 9.17) is 11.6 Å². The molecule has 0 aliphatic heterocycles. The van der Waals surface area contributed by atoms with Gasteiger partial charge in [-0.15, -0.1) is 0 Å². The highest BCUT2D eigenvalue weighted by molar-refractivity contribution is 6.30. The molecule has 3 rings (SSSR count). The number of benzene rings is 2. The van der Waals surface area contributed by atoms with Crippen LogP contribution < -0.4 is 5.32 Å². The minimum Gasteiger partial charge on any atom is -0.391 e. The van der Waals surface area contributed by atoms with Crippen molar-refractivity contribution in [1.82, 2.24) is 5.32 Å². The van der Waals surface area contributed by atoms with Crippen molar-refractivity contribution in [2.24, 2.45) is 5.92 Å². The summed E-state index contributed by atoms with van der Waals surface area (Å²) in [5, 5.41) is 26.4. The highest BCUT2D eigenvalue weighted by Crippen LogP contribution is 2.43. The molecular formula is C24H32ClNO2. The van der Waals surface area contributed by atoms with Crippen LogP contribution in [0.25, 0.3) is 11.1 Å². The van der Waals surface area contributed by atoms with Crippen LogP contribution in [0.15, 0.2) is 48.5 Å². The van der Waals surface area contributed by atoms with Crippen LogP contribution in [-0.4, -0.2) is 27.9 Å². The van der Waals surface area contributed by atoms with E-state index in [1.165, 1.54) is 0 Å². The third-order valence-corrected chi connectivity index (χ3v) is 6.18. The first kappa shape index (κ1) is 21.3. The molecule has 4 heteroatoms. The summed E-state index contributed by atoms with van der Waals surface area (Å²) in [6.45, 7) is 8.33. The van der Waals surface area contributed by atoms with Crippen molar-refractivity contribution in [2.75, 3.05) is 0 Å². The molecule has 3 nitrogen and oxygen atoms in total. The summed E-state index contributed by atoms with van der Waals surface area (Å²) in [5.41, 5.74) is 2.11. The number of halogens is 1. The van der Waals surface area contributed by atoms with Gasteiger partial charge in [0, 0.05) is 16.6 Å². The Bertz CT molecular complexity index is 782. The van der Waals surface area contributed by atoms with Gasteiger partial charge in [-0.25, -0.2) is 0 Å². The van der Waals surface area contributed by atoms with E-state index in [9.17, 15) is 10.2 Å². The molecule has 0 heterocycles. The van der Waals surface area contributed by atoms with E-state index in [1.54, 1.807) is 0 Å². The Morgan fingerprint density at radius 2 is 1.50 bits per heavy atom. The fourth-order valence-electron chi connectivity index (χ4n) is 4.44. The molecule has 152 valence electrons. The zero-order chi connectivity index (χ0) is 20.5. The predicted molar refractivity (Wildman–Crippen MR) is 116 cm³/mol. The number of hydrogen-bond acceptors (Lipinski definition) is 3. The Morgan fingerprint density at radius 1 is 0.964 bits per heavy atom. The Kier molecular flexibility index (Phi) is 6.21. The molecule has 4 unspecified atom stereocenters. The van der Waals surface area contributed by atoms with Crippen LogP contribution >= 0.6 is 11.6 Å². The Labute approximate surface area is 173 Å². The van der Waals surface area contributed by atoms with Crippen LogP contribution in [0.2, 0.25) is 5.02 Å². The van der Waals surface area contributed by atoms with E-state index in [2.05, 4.69) is 38.2 Å². The zero-order valence-corrected chi connectivity index (χ0v) is 18.0. The molecule has 1 fully saturated rings. The van der Waals surface area contributed by atoms with Crippen LogP contribution in [0.1, 0.15) is 52.5 Å². The summed E-state index contributed by atoms with van der Waals surface area (Å²) in [4.78, 5) is 0. The Hall–Kier alpha value is -1.39. The van der Waals surface area contributed by atoms with Crippen LogP contribution in [0.5, 0.6) is 0 Å². The van der Waals surface area contributed by atoms with Gasteiger partial charge in [0.05, 0.1) is 11.7 Å². The second-order valence-electron chi connectivity index (χ2n) is 9.10. The standard InChI is InChI=1S/C24H32ClNO2/c1-5-24(28,19-14-21(22(27)15-19)26-23(2,3)4)18-10-6-16(7-11-18)17-8-12-20(25)13-9-17/h6-13,19,21-22,26-28H,5,14-15H2,1-4H3. The molecule has 28 heavy (non-hydrogen) atoms. The summed E-state index contributed by atoms with van der Waals surface area (Å²) in [6.07, 6.45) is 1.56. The largest absolute Gasteiger partial charge is 0.391 e. The van der Waals surface area contributed by atoms with Crippen LogP contribution in [0.3, 0.4) is 0 Å². The summed E-state index contributed by atoms with van der Waals surface area (Å²) in [6, 6.07) is 15.9. The van der Waals surface area contributed by atoms with Crippen LogP contribution in [0.4, 0.5) is 0 Å². The summed E-state index contributed by atoms with van der Waals surface area (Å²) >= 11 is 5.98. The third kappa shape index (κ3) is 4.60. The van der Waals surface area contributed by atoms with Gasteiger partial charge >= 0.3 is 0 Å². The van der Waals surface area contributed by atoms with Gasteiger partial charge in [0.25, 0.3) is 0 Å². The monoisotopic (exact) mass is 401 g/mol. The molecule has 0 spiro atoms. The normalized spacial score (nSPS) is 24.9. The van der Waals surface area contributed by atoms with Crippen molar-refractivity contribution in [3.8, 4) is 11.1 Å². The molecule has 1 aliphatic rings. The Morgan fingerprint density at radius 3 is 2.00 bits per heavy atom. The van der Waals surface area contributed by atoms with E-state index in [0.29, 0.717) is 12.8 Å². The summed E-state index contributed by atoms with van der Waals surface area (Å²) in [5.74, 6) is 0.0220. The maximum atomic E-state index is 11.6. The number of rotatable bonds is 5. The van der Waals surface area contributed by atoms with Gasteiger partial charge in [-0.1, -0.05) is 54.9 Å². The van der Waals surface area contributed by atoms with Crippen LogP contribution in [0, 0.1) is 5.92 Å². The first-order valence-electron chi connectivity index (χ1n) is 10.2. The van der Waals surface area contributed by atoms with Crippen molar-refractivity contribution in [3.63, 3.8) is 0 Å². The molecule has 0 bridgehead atoms. The van der Waals surface area contributed by atoms with E-state index in [-0.39, 0.29) is 17.5 Å². The minimum absolute atomic E-state index is 0.0106. The number of aliphatic hydroxyl groups is 2. The van der Waals surface area contributed by atoms with E-state index < -0.39 is 11.7 Å². The average Bonchev–Trinajstić information content (AvgIpc) is 3.01. The maximum absolute atomic E-state index is 11.6. The molecule has 0 saturated heterocycles. The van der Waals surface area contributed by atoms with E-state index in [0.717, 1.165) is 28.1 Å². The second-order valence-corrected chi connectivity index (χ2v) is 9.53. The van der Waals surface area contributed by atoms with Gasteiger partial charge in [-0.3, -0.25) is 0 Å². The summed E-state index contributed by atoms with van der Waals surface area (Å²) in [7, 11) is 0. The maximum Gasteiger partial charge on any atom is 0.0923 e. The number of aliphatic hydroxyl groups excluding tert-OH is 1. The highest BCUT2D eigenvalue weighted by Gasteiger charge is 2.45. The second kappa shape index (κ2) is 8.16. The summed E-state index contributed by atoms with van der Waals surface area (Å²) < 4.78 is 0. The van der Waals surface area contributed by atoms with Gasteiger partial charge < -0.3 is 15.5 Å². The molecule has 4 atom stereocenters. The fourth-order valence-corrected chi connectivity index (χ4v) is 4.56. The molecule has 0 amide bonds. The number of nitrogens with one attached hydrogen (secondary N) is 1. The topological polar surface area (TPSA) is 52.5 Å². The quantitative estimate of drug-likeness (QED) is 0.650. The lowest BCUT2D eigenvalue weighted by atomic mass is 9.77. The molecule has 1 saturated carbocycles. The lowest BCUT2D eigenvalue weighted by molar-refractivity contribution is -0.0301. The van der Waals surface area contributed by atoms with E-state index >= 15 is 0 Å². The first-order valence-corrected chi connectivity index (χ1v) is 10.5. The van der Waals surface area contributed by atoms with Crippen molar-refractivity contribution in [3.05, 3.63) is 59.1 Å². The fraction of sp³-hybridized carbons (Fsp3) is 0.500. The lowest BCUT2D eigenvalue weighted by Gasteiger charge is -2.34. The third-order valence-electron chi connectivity index (χ3n) is 5.92. The smallest absolute Gasteiger partial charge is 0.0923 e. The average molecular weight is 402 g/mol. The van der Waals surface area contributed by atoms with Gasteiger partial charge in [0.1, 0.15) is 0 Å². The molecule has 1 aliphatic carbocycles. The van der Waals surface area contributed by atoms with Crippen molar-refractivity contribution < 1.29 is 10.2 Å². The molecule has 0 aromatic heterocycles. The Balaban J connectivity index is 1.81. The van der Waals surface area contributed by atoms with Crippen molar-refractivity contribution >= 4 is 11.6 Å². The minimum atomic E-state index is -0.937. The predicted octanol–water partition coefficient (Wildman–Crippen LogP) is 5.13. The lowest BCUT2D eigenvalue weighted by Crippen LogP contribution is -2.47. The van der Waals surface area contributed by atoms with E-state index in [1.807, 2.05) is 43.3 Å². The van der Waals surface area contributed by atoms with Crippen molar-refractivity contribution in [2.45, 2.75) is 70.2 Å². The van der Waals surface area contributed by atoms with Crippen LogP contribution in [-0.2, 0) is 5.60 Å². The molecule has 0 radical (unpaired) electrons. The molecule has 2 aromatic rings. The zero-order valence-electron chi connectivity index (χ0n) is 17.2. The molecule has 2 aromatic carbocycles. The highest BCUT2D eigenvalue weighted by atomic mass is 35.5. The van der Waals surface area contributed by atoms with Gasteiger partial charge in [0.2, 0.25) is 0 Å². The SMILES string of the molecule is CCC(O)(c1ccc(-c2ccc(Cl)cc2)cc1)C1CC(O)C(NC(C)(C)C)C1.